The first-order chi connectivity index (χ1) is 12.0. The van der Waals surface area contributed by atoms with Crippen molar-refractivity contribution in [1.82, 2.24) is 14.5 Å². The van der Waals surface area contributed by atoms with E-state index in [2.05, 4.69) is 14.3 Å². The molecular weight excluding hydrogens is 368 g/mol. The van der Waals surface area contributed by atoms with Crippen LogP contribution in [0.25, 0.3) is 6.08 Å². The number of aromatic nitrogens is 2. The van der Waals surface area contributed by atoms with Crippen LogP contribution in [0.1, 0.15) is 5.69 Å². The van der Waals surface area contributed by atoms with Gasteiger partial charge in [-0.25, -0.2) is 9.59 Å². The molecule has 2 aliphatic rings. The van der Waals surface area contributed by atoms with Crippen molar-refractivity contribution >= 4 is 47.2 Å². The van der Waals surface area contributed by atoms with Gasteiger partial charge in [0.15, 0.2) is 6.61 Å². The summed E-state index contributed by atoms with van der Waals surface area (Å²) in [5.41, 5.74) is 7.10. The number of hydrogen-bond acceptors (Lipinski definition) is 10. The van der Waals surface area contributed by atoms with Crippen molar-refractivity contribution in [3.05, 3.63) is 28.4 Å². The molecule has 25 heavy (non-hydrogen) atoms. The van der Waals surface area contributed by atoms with Crippen LogP contribution in [-0.2, 0) is 23.9 Å². The Balaban J connectivity index is 1.87. The summed E-state index contributed by atoms with van der Waals surface area (Å²) in [6.45, 7) is -0.530. The van der Waals surface area contributed by atoms with Gasteiger partial charge < -0.3 is 15.2 Å². The number of fused-ring (bicyclic) bond motifs is 1. The van der Waals surface area contributed by atoms with Crippen LogP contribution in [0.4, 0.5) is 0 Å². The number of allylic oxidation sites excluding steroid dienone is 1. The van der Waals surface area contributed by atoms with E-state index in [4.69, 9.17) is 10.5 Å². The summed E-state index contributed by atoms with van der Waals surface area (Å²) in [5, 5.41) is 5.32. The predicted octanol–water partition coefficient (Wildman–Crippen LogP) is -0.236. The third kappa shape index (κ3) is 3.43. The standard InChI is InChI=1S/C14H14N4O5S2/c1-22-9(19)4-23-14(21)11-7(2-3-8-6-25-17-16-8)5-24-13-10(15)12(20)18(11)13/h2-3,6,10,13H,4-5,15H2,1H3/b3-2-/t10?,13-/m1/s1. The minimum atomic E-state index is -0.771. The van der Waals surface area contributed by atoms with E-state index >= 15 is 0 Å². The highest BCUT2D eigenvalue weighted by Crippen LogP contribution is 2.40. The average Bonchev–Trinajstić information content (AvgIpc) is 3.16. The fourth-order valence-corrected chi connectivity index (χ4v) is 4.03. The number of ether oxygens (including phenoxy) is 2. The van der Waals surface area contributed by atoms with E-state index in [1.165, 1.54) is 35.3 Å². The van der Waals surface area contributed by atoms with Gasteiger partial charge in [-0.2, -0.15) is 0 Å². The largest absolute Gasteiger partial charge is 0.466 e. The van der Waals surface area contributed by atoms with Crippen molar-refractivity contribution in [2.45, 2.75) is 11.4 Å². The molecule has 1 fully saturated rings. The lowest BCUT2D eigenvalue weighted by molar-refractivity contribution is -0.158. The first kappa shape index (κ1) is 17.6. The molecule has 132 valence electrons. The lowest BCUT2D eigenvalue weighted by atomic mass is 10.0. The van der Waals surface area contributed by atoms with Crippen LogP contribution in [0.15, 0.2) is 22.7 Å². The fourth-order valence-electron chi connectivity index (χ4n) is 2.34. The molecular formula is C14H14N4O5S2. The second kappa shape index (κ2) is 7.33. The molecule has 2 N–H and O–H groups in total. The SMILES string of the molecule is COC(=O)COC(=O)C1=C(/C=C\c2csnn2)CS[C@@H]2C(N)C(=O)N12. The van der Waals surface area contributed by atoms with Crippen LogP contribution in [0.5, 0.6) is 0 Å². The fraction of sp³-hybridized carbons (Fsp3) is 0.357. The molecule has 0 spiro atoms. The summed E-state index contributed by atoms with van der Waals surface area (Å²) < 4.78 is 13.2. The number of hydrogen-bond donors (Lipinski definition) is 1. The molecule has 1 aromatic heterocycles. The number of β-lactam (4-membered cyclic amide) rings is 1. The van der Waals surface area contributed by atoms with Gasteiger partial charge in [0.05, 0.1) is 12.8 Å². The Kier molecular flexibility index (Phi) is 5.16. The Labute approximate surface area is 151 Å². The van der Waals surface area contributed by atoms with E-state index < -0.39 is 24.6 Å². The molecule has 0 aliphatic carbocycles. The second-order valence-corrected chi connectivity index (χ2v) is 6.84. The molecule has 1 aromatic rings. The van der Waals surface area contributed by atoms with E-state index in [1.807, 2.05) is 0 Å². The van der Waals surface area contributed by atoms with Gasteiger partial charge in [0.2, 0.25) is 5.91 Å². The van der Waals surface area contributed by atoms with Crippen molar-refractivity contribution < 1.29 is 23.9 Å². The van der Waals surface area contributed by atoms with Gasteiger partial charge in [-0.15, -0.1) is 16.9 Å². The predicted molar refractivity (Wildman–Crippen MR) is 90.0 cm³/mol. The van der Waals surface area contributed by atoms with E-state index in [1.54, 1.807) is 17.5 Å². The molecule has 9 nitrogen and oxygen atoms in total. The minimum Gasteiger partial charge on any atom is -0.466 e. The number of thioether (sulfide) groups is 1. The van der Waals surface area contributed by atoms with E-state index in [0.29, 0.717) is 17.0 Å². The molecule has 0 saturated carbocycles. The van der Waals surface area contributed by atoms with Gasteiger partial charge in [-0.05, 0) is 23.2 Å². The van der Waals surface area contributed by atoms with Gasteiger partial charge in [0.25, 0.3) is 0 Å². The van der Waals surface area contributed by atoms with Crippen LogP contribution in [0, 0.1) is 0 Å². The zero-order chi connectivity index (χ0) is 18.0. The van der Waals surface area contributed by atoms with Gasteiger partial charge >= 0.3 is 11.9 Å². The first-order valence-corrected chi connectivity index (χ1v) is 9.04. The Bertz CT molecular complexity index is 761. The maximum Gasteiger partial charge on any atom is 0.355 e. The Morgan fingerprint density at radius 2 is 2.28 bits per heavy atom. The maximum atomic E-state index is 12.4. The molecule has 1 amide bonds. The summed E-state index contributed by atoms with van der Waals surface area (Å²) in [4.78, 5) is 37.0. The van der Waals surface area contributed by atoms with Gasteiger partial charge in [0, 0.05) is 11.1 Å². The zero-order valence-corrected chi connectivity index (χ0v) is 14.7. The van der Waals surface area contributed by atoms with E-state index in [0.717, 1.165) is 0 Å². The molecule has 2 aliphatic heterocycles. The number of methoxy groups -OCH3 is 1. The lowest BCUT2D eigenvalue weighted by Crippen LogP contribution is -2.68. The molecule has 11 heteroatoms. The quantitative estimate of drug-likeness (QED) is 0.543. The van der Waals surface area contributed by atoms with Crippen molar-refractivity contribution in [2.24, 2.45) is 5.73 Å². The Morgan fingerprint density at radius 3 is 2.96 bits per heavy atom. The molecule has 3 rings (SSSR count). The van der Waals surface area contributed by atoms with Crippen LogP contribution < -0.4 is 5.73 Å². The summed E-state index contributed by atoms with van der Waals surface area (Å²) in [6, 6.07) is -0.651. The normalized spacial score (nSPS) is 22.6. The van der Waals surface area contributed by atoms with Crippen molar-refractivity contribution in [3.8, 4) is 0 Å². The smallest absolute Gasteiger partial charge is 0.355 e. The number of nitrogens with zero attached hydrogens (tertiary/aromatic N) is 3. The van der Waals surface area contributed by atoms with Gasteiger partial charge in [-0.3, -0.25) is 9.69 Å². The van der Waals surface area contributed by atoms with Crippen LogP contribution in [-0.4, -0.2) is 63.2 Å². The number of esters is 2. The van der Waals surface area contributed by atoms with Crippen LogP contribution >= 0.6 is 23.3 Å². The summed E-state index contributed by atoms with van der Waals surface area (Å²) in [6.07, 6.45) is 3.38. The van der Waals surface area contributed by atoms with Gasteiger partial charge in [-0.1, -0.05) is 10.6 Å². The number of carbonyl (C=O) groups excluding carboxylic acids is 3. The monoisotopic (exact) mass is 382 g/mol. The van der Waals surface area contributed by atoms with Crippen molar-refractivity contribution in [3.63, 3.8) is 0 Å². The summed E-state index contributed by atoms with van der Waals surface area (Å²) >= 11 is 2.66. The van der Waals surface area contributed by atoms with Crippen molar-refractivity contribution in [2.75, 3.05) is 19.5 Å². The summed E-state index contributed by atoms with van der Waals surface area (Å²) in [5.74, 6) is -1.35. The average molecular weight is 382 g/mol. The van der Waals surface area contributed by atoms with E-state index in [-0.39, 0.29) is 17.0 Å². The molecule has 0 aromatic carbocycles. The van der Waals surface area contributed by atoms with Crippen molar-refractivity contribution in [1.29, 1.82) is 0 Å². The molecule has 1 saturated heterocycles. The molecule has 1 unspecified atom stereocenters. The number of rotatable bonds is 5. The van der Waals surface area contributed by atoms with Crippen LogP contribution in [0.2, 0.25) is 0 Å². The first-order valence-electron chi connectivity index (χ1n) is 7.15. The highest BCUT2D eigenvalue weighted by molar-refractivity contribution is 8.00. The zero-order valence-electron chi connectivity index (χ0n) is 13.1. The Morgan fingerprint density at radius 1 is 1.48 bits per heavy atom. The third-order valence-electron chi connectivity index (χ3n) is 3.61. The number of carbonyl (C=O) groups is 3. The third-order valence-corrected chi connectivity index (χ3v) is 5.46. The minimum absolute atomic E-state index is 0.0961. The topological polar surface area (TPSA) is 125 Å². The number of amides is 1. The molecule has 0 bridgehead atoms. The summed E-state index contributed by atoms with van der Waals surface area (Å²) in [7, 11) is 1.19. The molecule has 0 radical (unpaired) electrons. The highest BCUT2D eigenvalue weighted by atomic mass is 32.2. The molecule has 2 atom stereocenters. The molecule has 3 heterocycles. The van der Waals surface area contributed by atoms with Crippen LogP contribution in [0.3, 0.4) is 0 Å². The lowest BCUT2D eigenvalue weighted by Gasteiger charge is -2.48. The Hall–Kier alpha value is -2.24. The second-order valence-electron chi connectivity index (χ2n) is 5.12. The van der Waals surface area contributed by atoms with E-state index in [9.17, 15) is 14.4 Å². The van der Waals surface area contributed by atoms with Gasteiger partial charge in [0.1, 0.15) is 17.1 Å². The maximum absolute atomic E-state index is 12.4. The number of nitrogens with two attached hydrogens (primary N) is 1. The highest BCUT2D eigenvalue weighted by Gasteiger charge is 2.51.